The van der Waals surface area contributed by atoms with Gasteiger partial charge in [-0.15, -0.1) is 0 Å². The number of hydrogen-bond donors (Lipinski definition) is 3. The summed E-state index contributed by atoms with van der Waals surface area (Å²) in [5.41, 5.74) is -3.85. The van der Waals surface area contributed by atoms with E-state index in [9.17, 15) is 29.7 Å². The Morgan fingerprint density at radius 1 is 1.13 bits per heavy atom. The van der Waals surface area contributed by atoms with Crippen molar-refractivity contribution < 1.29 is 34.4 Å². The van der Waals surface area contributed by atoms with Crippen LogP contribution in [0.1, 0.15) is 65.7 Å². The van der Waals surface area contributed by atoms with E-state index in [0.717, 1.165) is 5.57 Å². The Kier molecular flexibility index (Phi) is 4.84. The molecule has 2 unspecified atom stereocenters. The van der Waals surface area contributed by atoms with Crippen molar-refractivity contribution in [2.45, 2.75) is 83.0 Å². The summed E-state index contributed by atoms with van der Waals surface area (Å²) in [7, 11) is 0. The lowest BCUT2D eigenvalue weighted by Crippen LogP contribution is -2.71. The third-order valence-electron chi connectivity index (χ3n) is 9.15. The third kappa shape index (κ3) is 2.58. The molecule has 0 aromatic rings. The van der Waals surface area contributed by atoms with Crippen molar-refractivity contribution >= 4 is 17.5 Å². The molecule has 4 aliphatic rings. The molecule has 0 saturated heterocycles. The molecule has 3 N–H and O–H groups in total. The maximum atomic E-state index is 12.9. The van der Waals surface area contributed by atoms with Crippen LogP contribution >= 0.6 is 0 Å². The van der Waals surface area contributed by atoms with Crippen LogP contribution in [0.2, 0.25) is 0 Å². The first kappa shape index (κ1) is 21.7. The summed E-state index contributed by atoms with van der Waals surface area (Å²) in [5, 5.41) is 34.8. The van der Waals surface area contributed by atoms with Gasteiger partial charge in [0, 0.05) is 24.2 Å². The van der Waals surface area contributed by atoms with Crippen molar-refractivity contribution in [3.63, 3.8) is 0 Å². The highest BCUT2D eigenvalue weighted by molar-refractivity contribution is 5.92. The molecule has 0 aromatic carbocycles. The molecule has 7 nitrogen and oxygen atoms in total. The van der Waals surface area contributed by atoms with Gasteiger partial charge in [-0.3, -0.25) is 14.4 Å². The lowest BCUT2D eigenvalue weighted by molar-refractivity contribution is -0.258. The van der Waals surface area contributed by atoms with Crippen LogP contribution in [0.3, 0.4) is 0 Å². The monoisotopic (exact) mass is 420 g/mol. The van der Waals surface area contributed by atoms with Crippen LogP contribution < -0.4 is 0 Å². The van der Waals surface area contributed by atoms with E-state index >= 15 is 0 Å². The van der Waals surface area contributed by atoms with Gasteiger partial charge in [0.2, 0.25) is 5.78 Å². The molecule has 3 fully saturated rings. The maximum absolute atomic E-state index is 12.9. The minimum absolute atomic E-state index is 0.0611. The standard InChI is InChI=1S/C23H32O7/c1-13(24)30-12-19(27)22(28)9-7-16-17-5-4-14-10-15(25)6-8-20(14,2)23(17,29)18(26)11-21(16,22)3/h10,16-18,26,28-29H,4-9,11-12H2,1-3H3/t16?,17?,18-,20+,21+,22+,23-/m1/s1. The Balaban J connectivity index is 1.71. The zero-order valence-electron chi connectivity index (χ0n) is 17.9. The number of carbonyl (C=O) groups is 3. The van der Waals surface area contributed by atoms with Gasteiger partial charge in [0.15, 0.2) is 12.4 Å². The van der Waals surface area contributed by atoms with E-state index in [0.29, 0.717) is 32.1 Å². The largest absolute Gasteiger partial charge is 0.458 e. The highest BCUT2D eigenvalue weighted by Gasteiger charge is 2.73. The lowest BCUT2D eigenvalue weighted by atomic mass is 9.43. The number of carbonyl (C=O) groups excluding carboxylic acids is 3. The van der Waals surface area contributed by atoms with E-state index in [1.54, 1.807) is 6.08 Å². The zero-order chi connectivity index (χ0) is 22.1. The minimum atomic E-state index is -1.71. The number of fused-ring (bicyclic) bond motifs is 5. The molecule has 3 saturated carbocycles. The normalized spacial score (nSPS) is 47.6. The average molecular weight is 421 g/mol. The first-order chi connectivity index (χ1) is 13.9. The highest BCUT2D eigenvalue weighted by Crippen LogP contribution is 2.69. The summed E-state index contributed by atoms with van der Waals surface area (Å²) in [5.74, 6) is -1.53. The third-order valence-corrected chi connectivity index (χ3v) is 9.15. The fourth-order valence-electron chi connectivity index (χ4n) is 7.37. The van der Waals surface area contributed by atoms with Gasteiger partial charge in [0.05, 0.1) is 6.10 Å². The van der Waals surface area contributed by atoms with Gasteiger partial charge in [-0.05, 0) is 56.4 Å². The van der Waals surface area contributed by atoms with Crippen LogP contribution in [0.15, 0.2) is 11.6 Å². The Morgan fingerprint density at radius 3 is 2.50 bits per heavy atom. The average Bonchev–Trinajstić information content (AvgIpc) is 2.94. The van der Waals surface area contributed by atoms with Crippen molar-refractivity contribution in [2.24, 2.45) is 22.7 Å². The second kappa shape index (κ2) is 6.71. The topological polar surface area (TPSA) is 121 Å². The molecule has 0 aromatic heterocycles. The van der Waals surface area contributed by atoms with Gasteiger partial charge < -0.3 is 20.1 Å². The lowest BCUT2D eigenvalue weighted by Gasteiger charge is -2.64. The number of hydrogen-bond acceptors (Lipinski definition) is 7. The van der Waals surface area contributed by atoms with Gasteiger partial charge in [0.1, 0.15) is 11.2 Å². The molecule has 4 aliphatic carbocycles. The number of ether oxygens (including phenoxy) is 1. The summed E-state index contributed by atoms with van der Waals surface area (Å²) in [4.78, 5) is 36.0. The highest BCUT2D eigenvalue weighted by atomic mass is 16.5. The Labute approximate surface area is 176 Å². The SMILES string of the molecule is CC(=O)OCC(=O)[C@@]1(O)CCC2C3CCC4=CC(=O)CC[C@]4(C)[C@]3(O)[C@H](O)C[C@@]21C. The summed E-state index contributed by atoms with van der Waals surface area (Å²) < 4.78 is 4.86. The Morgan fingerprint density at radius 2 is 1.83 bits per heavy atom. The van der Waals surface area contributed by atoms with Crippen LogP contribution in [-0.2, 0) is 19.1 Å². The number of Topliss-reactive ketones (excluding diaryl/α,β-unsaturated/α-hetero) is 1. The molecule has 0 bridgehead atoms. The van der Waals surface area contributed by atoms with Gasteiger partial charge in [-0.1, -0.05) is 19.4 Å². The van der Waals surface area contributed by atoms with Gasteiger partial charge >= 0.3 is 5.97 Å². The van der Waals surface area contributed by atoms with Crippen molar-refractivity contribution in [2.75, 3.05) is 6.61 Å². The molecule has 166 valence electrons. The molecular weight excluding hydrogens is 388 g/mol. The maximum Gasteiger partial charge on any atom is 0.303 e. The number of rotatable bonds is 3. The second-order valence-corrected chi connectivity index (χ2v) is 10.3. The molecule has 0 heterocycles. The Bertz CT molecular complexity index is 833. The molecule has 0 spiro atoms. The predicted molar refractivity (Wildman–Crippen MR) is 106 cm³/mol. The van der Waals surface area contributed by atoms with E-state index in [1.165, 1.54) is 6.92 Å². The fourth-order valence-corrected chi connectivity index (χ4v) is 7.37. The molecule has 30 heavy (non-hydrogen) atoms. The van der Waals surface area contributed by atoms with Crippen molar-refractivity contribution in [1.29, 1.82) is 0 Å². The summed E-state index contributed by atoms with van der Waals surface area (Å²) >= 11 is 0. The predicted octanol–water partition coefficient (Wildman–Crippen LogP) is 1.47. The smallest absolute Gasteiger partial charge is 0.303 e. The first-order valence-electron chi connectivity index (χ1n) is 10.9. The minimum Gasteiger partial charge on any atom is -0.458 e. The van der Waals surface area contributed by atoms with Gasteiger partial charge in [-0.2, -0.15) is 0 Å². The van der Waals surface area contributed by atoms with E-state index in [1.807, 2.05) is 13.8 Å². The van der Waals surface area contributed by atoms with Crippen LogP contribution in [0.25, 0.3) is 0 Å². The summed E-state index contributed by atoms with van der Waals surface area (Å²) in [6.07, 6.45) is 3.42. The first-order valence-corrected chi connectivity index (χ1v) is 10.9. The van der Waals surface area contributed by atoms with Gasteiger partial charge in [0.25, 0.3) is 0 Å². The summed E-state index contributed by atoms with van der Waals surface area (Å²) in [6.45, 7) is 4.48. The van der Waals surface area contributed by atoms with Crippen molar-refractivity contribution in [3.8, 4) is 0 Å². The van der Waals surface area contributed by atoms with Crippen LogP contribution in [0.4, 0.5) is 0 Å². The van der Waals surface area contributed by atoms with E-state index in [2.05, 4.69) is 0 Å². The van der Waals surface area contributed by atoms with Crippen LogP contribution in [0, 0.1) is 22.7 Å². The second-order valence-electron chi connectivity index (χ2n) is 10.3. The molecule has 7 atom stereocenters. The van der Waals surface area contributed by atoms with E-state index in [-0.39, 0.29) is 30.5 Å². The molecule has 0 aliphatic heterocycles. The van der Waals surface area contributed by atoms with Crippen LogP contribution in [-0.4, -0.2) is 56.8 Å². The van der Waals surface area contributed by atoms with E-state index in [4.69, 9.17) is 4.74 Å². The van der Waals surface area contributed by atoms with Crippen LogP contribution in [0.5, 0.6) is 0 Å². The number of ketones is 2. The zero-order valence-corrected chi connectivity index (χ0v) is 17.9. The number of aliphatic hydroxyl groups excluding tert-OH is 1. The molecule has 4 rings (SSSR count). The number of esters is 1. The molecule has 0 amide bonds. The van der Waals surface area contributed by atoms with Gasteiger partial charge in [-0.25, -0.2) is 0 Å². The fraction of sp³-hybridized carbons (Fsp3) is 0.783. The Hall–Kier alpha value is -1.57. The number of aliphatic hydroxyl groups is 3. The molecular formula is C23H32O7. The summed E-state index contributed by atoms with van der Waals surface area (Å²) in [6, 6.07) is 0. The van der Waals surface area contributed by atoms with Crippen molar-refractivity contribution in [3.05, 3.63) is 11.6 Å². The van der Waals surface area contributed by atoms with E-state index < -0.39 is 46.5 Å². The molecule has 0 radical (unpaired) electrons. The quantitative estimate of drug-likeness (QED) is 0.591. The molecule has 7 heteroatoms. The van der Waals surface area contributed by atoms with Crippen molar-refractivity contribution in [1.82, 2.24) is 0 Å².